The molecule has 0 amide bonds. The largest absolute Gasteiger partial charge is 0.399 e. The molecule has 0 saturated heterocycles. The molecule has 1 aromatic heterocycles. The minimum atomic E-state index is 0.0356. The molecule has 0 aliphatic rings. The fourth-order valence-electron chi connectivity index (χ4n) is 2.73. The molecule has 0 aliphatic heterocycles. The summed E-state index contributed by atoms with van der Waals surface area (Å²) in [7, 11) is 0. The average molecular weight is 390 g/mol. The van der Waals surface area contributed by atoms with Crippen molar-refractivity contribution in [2.45, 2.75) is 32.1 Å². The van der Waals surface area contributed by atoms with Crippen LogP contribution in [0.3, 0.4) is 0 Å². The summed E-state index contributed by atoms with van der Waals surface area (Å²) in [5.41, 5.74) is 8.66. The van der Waals surface area contributed by atoms with Crippen LogP contribution >= 0.6 is 23.2 Å². The minimum absolute atomic E-state index is 0.0356. The van der Waals surface area contributed by atoms with E-state index in [2.05, 4.69) is 4.98 Å². The van der Waals surface area contributed by atoms with Crippen LogP contribution in [0.15, 0.2) is 61.2 Å². The highest BCUT2D eigenvalue weighted by molar-refractivity contribution is 6.35. The van der Waals surface area contributed by atoms with Crippen LogP contribution in [0.2, 0.25) is 10.0 Å². The Hall–Kier alpha value is -2.01. The molecule has 4 nitrogen and oxygen atoms in total. The van der Waals surface area contributed by atoms with Gasteiger partial charge in [-0.1, -0.05) is 41.4 Å². The van der Waals surface area contributed by atoms with Gasteiger partial charge in [0.05, 0.1) is 19.0 Å². The summed E-state index contributed by atoms with van der Waals surface area (Å²) in [6, 6.07) is 13.4. The van der Waals surface area contributed by atoms with Gasteiger partial charge in [0.25, 0.3) is 0 Å². The second-order valence-corrected chi connectivity index (χ2v) is 7.05. The Labute approximate surface area is 163 Å². The van der Waals surface area contributed by atoms with Crippen LogP contribution < -0.4 is 5.73 Å². The van der Waals surface area contributed by atoms with E-state index >= 15 is 0 Å². The number of nitrogens with two attached hydrogens (primary N) is 1. The van der Waals surface area contributed by atoms with Crippen molar-refractivity contribution in [2.75, 3.05) is 5.73 Å². The van der Waals surface area contributed by atoms with Crippen molar-refractivity contribution in [2.24, 2.45) is 0 Å². The highest BCUT2D eigenvalue weighted by Crippen LogP contribution is 2.23. The van der Waals surface area contributed by atoms with Gasteiger partial charge in [0.2, 0.25) is 0 Å². The Morgan fingerprint density at radius 3 is 2.62 bits per heavy atom. The van der Waals surface area contributed by atoms with Gasteiger partial charge in [0.1, 0.15) is 0 Å². The van der Waals surface area contributed by atoms with Gasteiger partial charge in [-0.3, -0.25) is 0 Å². The van der Waals surface area contributed by atoms with Gasteiger partial charge in [-0.15, -0.1) is 0 Å². The Morgan fingerprint density at radius 2 is 1.92 bits per heavy atom. The fraction of sp³-hybridized carbons (Fsp3) is 0.250. The maximum Gasteiger partial charge on any atom is 0.0946 e. The zero-order chi connectivity index (χ0) is 18.4. The van der Waals surface area contributed by atoms with E-state index in [-0.39, 0.29) is 6.10 Å². The van der Waals surface area contributed by atoms with Crippen LogP contribution in [-0.4, -0.2) is 15.7 Å². The van der Waals surface area contributed by atoms with Crippen LogP contribution in [0.4, 0.5) is 5.69 Å². The third kappa shape index (κ3) is 5.49. The summed E-state index contributed by atoms with van der Waals surface area (Å²) in [6.45, 7) is 1.27. The topological polar surface area (TPSA) is 53.1 Å². The number of anilines is 1. The highest BCUT2D eigenvalue weighted by Gasteiger charge is 2.12. The van der Waals surface area contributed by atoms with Crippen LogP contribution in [-0.2, 0) is 24.3 Å². The average Bonchev–Trinajstić information content (AvgIpc) is 3.13. The smallest absolute Gasteiger partial charge is 0.0946 e. The second kappa shape index (κ2) is 9.08. The molecule has 2 aromatic carbocycles. The van der Waals surface area contributed by atoms with Crippen molar-refractivity contribution in [3.8, 4) is 0 Å². The molecule has 0 fully saturated rings. The first-order chi connectivity index (χ1) is 12.6. The van der Waals surface area contributed by atoms with E-state index in [1.807, 2.05) is 47.2 Å². The molecule has 2 N–H and O–H groups in total. The third-order valence-electron chi connectivity index (χ3n) is 4.19. The van der Waals surface area contributed by atoms with Crippen molar-refractivity contribution >= 4 is 28.9 Å². The van der Waals surface area contributed by atoms with Gasteiger partial charge < -0.3 is 15.0 Å². The van der Waals surface area contributed by atoms with Gasteiger partial charge >= 0.3 is 0 Å². The highest BCUT2D eigenvalue weighted by atomic mass is 35.5. The molecule has 1 heterocycles. The zero-order valence-electron chi connectivity index (χ0n) is 14.3. The number of benzene rings is 2. The Balaban J connectivity index is 1.63. The molecular weight excluding hydrogens is 369 g/mol. The van der Waals surface area contributed by atoms with Gasteiger partial charge in [-0.2, -0.15) is 0 Å². The summed E-state index contributed by atoms with van der Waals surface area (Å²) >= 11 is 12.3. The first kappa shape index (κ1) is 18.8. The number of aromatic nitrogens is 2. The quantitative estimate of drug-likeness (QED) is 0.552. The Bertz CT molecular complexity index is 820. The Morgan fingerprint density at radius 1 is 1.12 bits per heavy atom. The van der Waals surface area contributed by atoms with E-state index in [0.717, 1.165) is 36.2 Å². The first-order valence-electron chi connectivity index (χ1n) is 8.46. The van der Waals surface area contributed by atoms with E-state index in [1.54, 1.807) is 18.6 Å². The third-order valence-corrected chi connectivity index (χ3v) is 4.78. The zero-order valence-corrected chi connectivity index (χ0v) is 15.8. The summed E-state index contributed by atoms with van der Waals surface area (Å²) in [5.74, 6) is 0. The molecule has 1 atom stereocenters. The lowest BCUT2D eigenvalue weighted by atomic mass is 10.1. The predicted molar refractivity (Wildman–Crippen MR) is 106 cm³/mol. The lowest BCUT2D eigenvalue weighted by Gasteiger charge is -2.19. The number of hydrogen-bond donors (Lipinski definition) is 1. The minimum Gasteiger partial charge on any atom is -0.399 e. The molecular formula is C20H21Cl2N3O. The van der Waals surface area contributed by atoms with Crippen LogP contribution in [0, 0.1) is 0 Å². The molecule has 3 rings (SSSR count). The number of ether oxygens (including phenoxy) is 1. The van der Waals surface area contributed by atoms with Gasteiger partial charge in [0, 0.05) is 34.7 Å². The van der Waals surface area contributed by atoms with E-state index in [9.17, 15) is 0 Å². The van der Waals surface area contributed by atoms with E-state index in [4.69, 9.17) is 33.7 Å². The van der Waals surface area contributed by atoms with Crippen molar-refractivity contribution < 1.29 is 4.74 Å². The molecule has 3 aromatic rings. The molecule has 0 bridgehead atoms. The lowest BCUT2D eigenvalue weighted by molar-refractivity contribution is 0.0239. The summed E-state index contributed by atoms with van der Waals surface area (Å²) in [6.07, 6.45) is 7.20. The first-order valence-corrected chi connectivity index (χ1v) is 9.21. The molecule has 6 heteroatoms. The molecule has 0 spiro atoms. The number of aryl methyl sites for hydroxylation is 1. The van der Waals surface area contributed by atoms with Crippen molar-refractivity contribution in [1.29, 1.82) is 0 Å². The Kier molecular flexibility index (Phi) is 6.56. The molecule has 0 radical (unpaired) electrons. The SMILES string of the molecule is Nc1ccc(COC(CCc2ccc(Cl)cc2Cl)Cn2ccnc2)cc1. The van der Waals surface area contributed by atoms with Gasteiger partial charge in [-0.25, -0.2) is 4.98 Å². The molecule has 0 aliphatic carbocycles. The summed E-state index contributed by atoms with van der Waals surface area (Å²) < 4.78 is 8.19. The number of rotatable bonds is 8. The molecule has 1 unspecified atom stereocenters. The van der Waals surface area contributed by atoms with E-state index < -0.39 is 0 Å². The normalized spacial score (nSPS) is 12.2. The molecule has 136 valence electrons. The fourth-order valence-corrected chi connectivity index (χ4v) is 3.23. The van der Waals surface area contributed by atoms with Crippen LogP contribution in [0.5, 0.6) is 0 Å². The van der Waals surface area contributed by atoms with Crippen molar-refractivity contribution in [1.82, 2.24) is 9.55 Å². The maximum atomic E-state index is 6.29. The molecule has 0 saturated carbocycles. The van der Waals surface area contributed by atoms with Crippen molar-refractivity contribution in [3.63, 3.8) is 0 Å². The van der Waals surface area contributed by atoms with Gasteiger partial charge in [0.15, 0.2) is 0 Å². The maximum absolute atomic E-state index is 6.29. The monoisotopic (exact) mass is 389 g/mol. The number of nitrogens with zero attached hydrogens (tertiary/aromatic N) is 2. The number of imidazole rings is 1. The predicted octanol–water partition coefficient (Wildman–Crippen LogP) is 4.99. The standard InChI is InChI=1S/C20H21Cl2N3O/c21-17-5-3-16(20(22)11-17)4-8-19(12-25-10-9-24-14-25)26-13-15-1-6-18(23)7-2-15/h1-3,5-7,9-11,14,19H,4,8,12-13,23H2. The molecule has 26 heavy (non-hydrogen) atoms. The number of nitrogen functional groups attached to an aromatic ring is 1. The van der Waals surface area contributed by atoms with E-state index in [0.29, 0.717) is 16.7 Å². The second-order valence-electron chi connectivity index (χ2n) is 6.21. The number of halogens is 2. The van der Waals surface area contributed by atoms with Gasteiger partial charge in [-0.05, 0) is 48.2 Å². The van der Waals surface area contributed by atoms with Crippen molar-refractivity contribution in [3.05, 3.63) is 82.4 Å². The summed E-state index contributed by atoms with van der Waals surface area (Å²) in [4.78, 5) is 4.10. The number of hydrogen-bond acceptors (Lipinski definition) is 3. The van der Waals surface area contributed by atoms with Crippen LogP contribution in [0.25, 0.3) is 0 Å². The summed E-state index contributed by atoms with van der Waals surface area (Å²) in [5, 5.41) is 1.34. The van der Waals surface area contributed by atoms with Crippen LogP contribution in [0.1, 0.15) is 17.5 Å². The van der Waals surface area contributed by atoms with E-state index in [1.165, 1.54) is 0 Å². The lowest BCUT2D eigenvalue weighted by Crippen LogP contribution is -2.20.